The zero-order chi connectivity index (χ0) is 16.4. The van der Waals surface area contributed by atoms with E-state index >= 15 is 0 Å². The van der Waals surface area contributed by atoms with Crippen molar-refractivity contribution in [3.05, 3.63) is 40.9 Å². The predicted molar refractivity (Wildman–Crippen MR) is 96.8 cm³/mol. The van der Waals surface area contributed by atoms with Gasteiger partial charge in [0.1, 0.15) is 5.75 Å². The summed E-state index contributed by atoms with van der Waals surface area (Å²) in [7, 11) is 0. The molecular weight excluding hydrogens is 354 g/mol. The van der Waals surface area contributed by atoms with E-state index in [1.54, 1.807) is 0 Å². The van der Waals surface area contributed by atoms with Crippen molar-refractivity contribution in [2.45, 2.75) is 45.2 Å². The van der Waals surface area contributed by atoms with Crippen LogP contribution in [0, 0.1) is 0 Å². The van der Waals surface area contributed by atoms with Crippen LogP contribution in [0.1, 0.15) is 33.1 Å². The maximum absolute atomic E-state index is 12.5. The summed E-state index contributed by atoms with van der Waals surface area (Å²) in [5.41, 5.74) is 0. The smallest absolute Gasteiger partial charge is 0.260 e. The number of ether oxygens (including phenoxy) is 1. The Morgan fingerprint density at radius 3 is 2.52 bits per heavy atom. The standard InChI is InChI=1S/C19H22BrNO2/c1-13-4-3-5-14(2)21(13)19(22)12-23-18-9-7-15-10-17(20)8-6-16(15)11-18/h6-11,13-14H,3-5,12H2,1-2H3/t13-,14-/m1/s1. The minimum absolute atomic E-state index is 0.0839. The number of carbonyl (C=O) groups excluding carboxylic acids is 1. The molecule has 2 aromatic carbocycles. The van der Waals surface area contributed by atoms with Crippen molar-refractivity contribution in [1.29, 1.82) is 0 Å². The Labute approximate surface area is 145 Å². The van der Waals surface area contributed by atoms with Crippen LogP contribution >= 0.6 is 15.9 Å². The highest BCUT2D eigenvalue weighted by Gasteiger charge is 2.28. The van der Waals surface area contributed by atoms with Crippen molar-refractivity contribution >= 4 is 32.6 Å². The second kappa shape index (κ2) is 6.91. The van der Waals surface area contributed by atoms with E-state index < -0.39 is 0 Å². The molecule has 3 rings (SSSR count). The number of hydrogen-bond acceptors (Lipinski definition) is 2. The summed E-state index contributed by atoms with van der Waals surface area (Å²) >= 11 is 3.47. The topological polar surface area (TPSA) is 29.5 Å². The third-order valence-electron chi connectivity index (χ3n) is 4.62. The first-order valence-electron chi connectivity index (χ1n) is 8.18. The summed E-state index contributed by atoms with van der Waals surface area (Å²) in [5.74, 6) is 0.825. The quantitative estimate of drug-likeness (QED) is 0.772. The van der Waals surface area contributed by atoms with E-state index in [2.05, 4.69) is 35.8 Å². The number of piperidine rings is 1. The summed E-state index contributed by atoms with van der Waals surface area (Å²) in [6, 6.07) is 12.7. The van der Waals surface area contributed by atoms with Gasteiger partial charge < -0.3 is 9.64 Å². The SMILES string of the molecule is C[C@@H]1CCC[C@@H](C)N1C(=O)COc1ccc2cc(Br)ccc2c1. The molecule has 0 N–H and O–H groups in total. The number of fused-ring (bicyclic) bond motifs is 1. The van der Waals surface area contributed by atoms with Crippen molar-refractivity contribution < 1.29 is 9.53 Å². The van der Waals surface area contributed by atoms with Gasteiger partial charge in [-0.25, -0.2) is 0 Å². The molecule has 0 radical (unpaired) electrons. The molecule has 1 aliphatic heterocycles. The molecule has 1 aliphatic rings. The zero-order valence-electron chi connectivity index (χ0n) is 13.6. The molecule has 3 nitrogen and oxygen atoms in total. The van der Waals surface area contributed by atoms with Gasteiger partial charge >= 0.3 is 0 Å². The lowest BCUT2D eigenvalue weighted by molar-refractivity contribution is -0.139. The van der Waals surface area contributed by atoms with Crippen LogP contribution in [0.5, 0.6) is 5.75 Å². The highest BCUT2D eigenvalue weighted by molar-refractivity contribution is 9.10. The number of rotatable bonds is 3. The fourth-order valence-electron chi connectivity index (χ4n) is 3.42. The number of hydrogen-bond donors (Lipinski definition) is 0. The van der Waals surface area contributed by atoms with Gasteiger partial charge in [0.2, 0.25) is 0 Å². The third-order valence-corrected chi connectivity index (χ3v) is 5.11. The van der Waals surface area contributed by atoms with Crippen LogP contribution in [0.2, 0.25) is 0 Å². The highest BCUT2D eigenvalue weighted by atomic mass is 79.9. The lowest BCUT2D eigenvalue weighted by Gasteiger charge is -2.38. The Hall–Kier alpha value is -1.55. The molecule has 0 aromatic heterocycles. The molecule has 1 heterocycles. The van der Waals surface area contributed by atoms with Gasteiger partial charge in [0, 0.05) is 16.6 Å². The predicted octanol–water partition coefficient (Wildman–Crippen LogP) is 4.77. The van der Waals surface area contributed by atoms with Gasteiger partial charge in [-0.15, -0.1) is 0 Å². The summed E-state index contributed by atoms with van der Waals surface area (Å²) < 4.78 is 6.81. The molecule has 1 saturated heterocycles. The first-order chi connectivity index (χ1) is 11.0. The van der Waals surface area contributed by atoms with E-state index in [4.69, 9.17) is 4.74 Å². The fourth-order valence-corrected chi connectivity index (χ4v) is 3.80. The number of nitrogens with zero attached hydrogens (tertiary/aromatic N) is 1. The van der Waals surface area contributed by atoms with Crippen LogP contribution in [-0.4, -0.2) is 29.5 Å². The van der Waals surface area contributed by atoms with E-state index in [9.17, 15) is 4.79 Å². The Morgan fingerprint density at radius 1 is 1.13 bits per heavy atom. The molecule has 0 saturated carbocycles. The molecule has 2 aromatic rings. The monoisotopic (exact) mass is 375 g/mol. The molecule has 1 amide bonds. The second-order valence-electron chi connectivity index (χ2n) is 6.37. The first kappa shape index (κ1) is 16.3. The average molecular weight is 376 g/mol. The van der Waals surface area contributed by atoms with Crippen molar-refractivity contribution in [2.75, 3.05) is 6.61 Å². The van der Waals surface area contributed by atoms with E-state index in [0.717, 1.165) is 33.8 Å². The maximum atomic E-state index is 12.5. The fraction of sp³-hybridized carbons (Fsp3) is 0.421. The summed E-state index contributed by atoms with van der Waals surface area (Å²) in [6.07, 6.45) is 3.37. The van der Waals surface area contributed by atoms with Crippen molar-refractivity contribution in [3.8, 4) is 5.75 Å². The minimum atomic E-state index is 0.0839. The number of halogens is 1. The number of benzene rings is 2. The van der Waals surface area contributed by atoms with Gasteiger partial charge in [-0.05, 0) is 68.1 Å². The molecule has 0 unspecified atom stereocenters. The highest BCUT2D eigenvalue weighted by Crippen LogP contribution is 2.25. The summed E-state index contributed by atoms with van der Waals surface area (Å²) in [4.78, 5) is 14.5. The second-order valence-corrected chi connectivity index (χ2v) is 7.29. The molecule has 4 heteroatoms. The van der Waals surface area contributed by atoms with Crippen LogP contribution in [0.3, 0.4) is 0 Å². The average Bonchev–Trinajstić information content (AvgIpc) is 2.52. The van der Waals surface area contributed by atoms with Crippen molar-refractivity contribution in [1.82, 2.24) is 4.90 Å². The van der Waals surface area contributed by atoms with E-state index in [1.165, 1.54) is 6.42 Å². The Kier molecular flexibility index (Phi) is 4.90. The minimum Gasteiger partial charge on any atom is -0.484 e. The van der Waals surface area contributed by atoms with Crippen LogP contribution in [0.4, 0.5) is 0 Å². The Bertz CT molecular complexity index is 706. The van der Waals surface area contributed by atoms with Gasteiger partial charge in [-0.2, -0.15) is 0 Å². The Balaban J connectivity index is 1.67. The zero-order valence-corrected chi connectivity index (χ0v) is 15.2. The van der Waals surface area contributed by atoms with Gasteiger partial charge in [0.15, 0.2) is 6.61 Å². The molecule has 1 fully saturated rings. The number of amides is 1. The molecule has 0 aliphatic carbocycles. The van der Waals surface area contributed by atoms with Crippen molar-refractivity contribution in [3.63, 3.8) is 0 Å². The molecule has 122 valence electrons. The van der Waals surface area contributed by atoms with Gasteiger partial charge in [0.25, 0.3) is 5.91 Å². The largest absolute Gasteiger partial charge is 0.484 e. The molecule has 0 spiro atoms. The van der Waals surface area contributed by atoms with E-state index in [-0.39, 0.29) is 12.5 Å². The van der Waals surface area contributed by atoms with Crippen LogP contribution < -0.4 is 4.74 Å². The first-order valence-corrected chi connectivity index (χ1v) is 8.97. The van der Waals surface area contributed by atoms with Crippen LogP contribution in [0.15, 0.2) is 40.9 Å². The lowest BCUT2D eigenvalue weighted by atomic mass is 9.97. The lowest BCUT2D eigenvalue weighted by Crippen LogP contribution is -2.49. The van der Waals surface area contributed by atoms with E-state index in [0.29, 0.717) is 12.1 Å². The van der Waals surface area contributed by atoms with Crippen molar-refractivity contribution in [2.24, 2.45) is 0 Å². The Morgan fingerprint density at radius 2 is 1.78 bits per heavy atom. The van der Waals surface area contributed by atoms with Gasteiger partial charge in [0.05, 0.1) is 0 Å². The molecule has 0 bridgehead atoms. The van der Waals surface area contributed by atoms with Crippen LogP contribution in [-0.2, 0) is 4.79 Å². The van der Waals surface area contributed by atoms with Gasteiger partial charge in [-0.3, -0.25) is 4.79 Å². The normalized spacial score (nSPS) is 21.4. The number of likely N-dealkylation sites (tertiary alicyclic amines) is 1. The molecule has 2 atom stereocenters. The van der Waals surface area contributed by atoms with E-state index in [1.807, 2.05) is 35.2 Å². The maximum Gasteiger partial charge on any atom is 0.260 e. The number of carbonyl (C=O) groups is 1. The molecule has 23 heavy (non-hydrogen) atoms. The summed E-state index contributed by atoms with van der Waals surface area (Å²) in [6.45, 7) is 4.36. The molecular formula is C19H22BrNO2. The summed E-state index contributed by atoms with van der Waals surface area (Å²) in [5, 5.41) is 2.26. The van der Waals surface area contributed by atoms with Gasteiger partial charge in [-0.1, -0.05) is 28.1 Å². The third kappa shape index (κ3) is 3.69. The van der Waals surface area contributed by atoms with Crippen LogP contribution in [0.25, 0.3) is 10.8 Å².